The van der Waals surface area contributed by atoms with Crippen LogP contribution in [0.1, 0.15) is 0 Å². The Balaban J connectivity index is 2.21. The number of rotatable bonds is 1. The Morgan fingerprint density at radius 2 is 1.82 bits per heavy atom. The zero-order valence-electron chi connectivity index (χ0n) is 8.65. The highest BCUT2D eigenvalue weighted by Gasteiger charge is 2.10. The summed E-state index contributed by atoms with van der Waals surface area (Å²) in [6, 6.07) is 11.6. The third-order valence-electron chi connectivity index (χ3n) is 2.55. The maximum absolute atomic E-state index is 13.0. The van der Waals surface area contributed by atoms with E-state index in [0.717, 1.165) is 10.9 Å². The Hall–Kier alpha value is -1.87. The summed E-state index contributed by atoms with van der Waals surface area (Å²) in [5, 5.41) is 5.40. The Kier molecular flexibility index (Phi) is 2.34. The van der Waals surface area contributed by atoms with Crippen LogP contribution in [0.3, 0.4) is 0 Å². The van der Waals surface area contributed by atoms with Crippen molar-refractivity contribution in [2.75, 3.05) is 0 Å². The molecule has 0 N–H and O–H groups in total. The number of aromatic nitrogens is 1. The lowest BCUT2D eigenvalue weighted by Crippen LogP contribution is -1.78. The van der Waals surface area contributed by atoms with Crippen LogP contribution in [0.5, 0.6) is 0 Å². The van der Waals surface area contributed by atoms with Crippen molar-refractivity contribution in [2.24, 2.45) is 0 Å². The molecule has 0 fully saturated rings. The molecule has 0 saturated heterocycles. The molecular weight excluding hydrogens is 241 g/mol. The van der Waals surface area contributed by atoms with Crippen molar-refractivity contribution in [3.63, 3.8) is 0 Å². The van der Waals surface area contributed by atoms with Gasteiger partial charge in [-0.1, -0.05) is 28.9 Å². The normalized spacial score (nSPS) is 10.9. The van der Waals surface area contributed by atoms with Crippen LogP contribution in [0.4, 0.5) is 4.39 Å². The molecule has 0 unspecified atom stereocenters. The maximum atomic E-state index is 13.0. The fourth-order valence-corrected chi connectivity index (χ4v) is 1.85. The highest BCUT2D eigenvalue weighted by molar-refractivity contribution is 6.30. The van der Waals surface area contributed by atoms with Crippen molar-refractivity contribution in [3.8, 4) is 11.3 Å². The van der Waals surface area contributed by atoms with E-state index in [1.807, 2.05) is 12.1 Å². The fraction of sp³-hybridized carbons (Fsp3) is 0. The molecule has 1 aromatic heterocycles. The third kappa shape index (κ3) is 1.78. The zero-order valence-corrected chi connectivity index (χ0v) is 9.41. The minimum Gasteiger partial charge on any atom is -0.356 e. The lowest BCUT2D eigenvalue weighted by atomic mass is 10.1. The van der Waals surface area contributed by atoms with E-state index in [0.29, 0.717) is 16.3 Å². The van der Waals surface area contributed by atoms with Crippen molar-refractivity contribution >= 4 is 22.6 Å². The quantitative estimate of drug-likeness (QED) is 0.641. The first-order chi connectivity index (χ1) is 8.24. The standard InChI is InChI=1S/C13H7ClFNO/c14-9-3-1-8(2-4-9)13-11-6-5-10(15)7-12(11)17-16-13/h1-7H. The van der Waals surface area contributed by atoms with Gasteiger partial charge in [-0.15, -0.1) is 0 Å². The van der Waals surface area contributed by atoms with Gasteiger partial charge in [0.15, 0.2) is 5.58 Å². The molecule has 2 nitrogen and oxygen atoms in total. The molecular formula is C13H7ClFNO. The van der Waals surface area contributed by atoms with Gasteiger partial charge in [-0.05, 0) is 24.3 Å². The van der Waals surface area contributed by atoms with Crippen LogP contribution in [0.2, 0.25) is 5.02 Å². The topological polar surface area (TPSA) is 26.0 Å². The van der Waals surface area contributed by atoms with E-state index in [4.69, 9.17) is 16.1 Å². The number of halogens is 2. The van der Waals surface area contributed by atoms with Gasteiger partial charge in [-0.3, -0.25) is 0 Å². The number of benzene rings is 2. The van der Waals surface area contributed by atoms with E-state index >= 15 is 0 Å². The Bertz CT molecular complexity index is 675. The lowest BCUT2D eigenvalue weighted by molar-refractivity contribution is 0.457. The Morgan fingerprint density at radius 3 is 2.59 bits per heavy atom. The first kappa shape index (κ1) is 10.3. The summed E-state index contributed by atoms with van der Waals surface area (Å²) >= 11 is 5.82. The van der Waals surface area contributed by atoms with Crippen LogP contribution in [0, 0.1) is 5.82 Å². The van der Waals surface area contributed by atoms with Crippen LogP contribution in [-0.4, -0.2) is 5.16 Å². The minimum atomic E-state index is -0.337. The molecule has 0 atom stereocenters. The molecule has 0 spiro atoms. The third-order valence-corrected chi connectivity index (χ3v) is 2.80. The average molecular weight is 248 g/mol. The zero-order chi connectivity index (χ0) is 11.8. The molecule has 17 heavy (non-hydrogen) atoms. The molecule has 0 saturated carbocycles. The van der Waals surface area contributed by atoms with Gasteiger partial charge in [0.2, 0.25) is 0 Å². The first-order valence-corrected chi connectivity index (χ1v) is 5.43. The van der Waals surface area contributed by atoms with Crippen LogP contribution in [0.25, 0.3) is 22.2 Å². The highest BCUT2D eigenvalue weighted by atomic mass is 35.5. The van der Waals surface area contributed by atoms with Gasteiger partial charge < -0.3 is 4.52 Å². The predicted molar refractivity (Wildman–Crippen MR) is 64.4 cm³/mol. The molecule has 1 heterocycles. The van der Waals surface area contributed by atoms with Crippen LogP contribution in [0.15, 0.2) is 47.0 Å². The first-order valence-electron chi connectivity index (χ1n) is 5.05. The number of nitrogens with zero attached hydrogens (tertiary/aromatic N) is 1. The molecule has 84 valence electrons. The number of hydrogen-bond acceptors (Lipinski definition) is 2. The SMILES string of the molecule is Fc1ccc2c(-c3ccc(Cl)cc3)noc2c1. The molecule has 0 radical (unpaired) electrons. The van der Waals surface area contributed by atoms with E-state index in [1.165, 1.54) is 12.1 Å². The van der Waals surface area contributed by atoms with Gasteiger partial charge in [0, 0.05) is 22.0 Å². The smallest absolute Gasteiger partial charge is 0.170 e. The summed E-state index contributed by atoms with van der Waals surface area (Å²) in [4.78, 5) is 0. The van der Waals surface area contributed by atoms with E-state index in [-0.39, 0.29) is 5.82 Å². The van der Waals surface area contributed by atoms with Crippen LogP contribution in [-0.2, 0) is 0 Å². The van der Waals surface area contributed by atoms with Crippen LogP contribution < -0.4 is 0 Å². The molecule has 4 heteroatoms. The van der Waals surface area contributed by atoms with Crippen molar-refractivity contribution in [1.29, 1.82) is 0 Å². The molecule has 0 aliphatic heterocycles. The van der Waals surface area contributed by atoms with Crippen LogP contribution >= 0.6 is 11.6 Å². The molecule has 0 bridgehead atoms. The molecule has 0 aliphatic rings. The average Bonchev–Trinajstić information content (AvgIpc) is 2.73. The number of fused-ring (bicyclic) bond motifs is 1. The summed E-state index contributed by atoms with van der Waals surface area (Å²) in [6.45, 7) is 0. The van der Waals surface area contributed by atoms with Crippen molar-refractivity contribution in [3.05, 3.63) is 53.3 Å². The number of hydrogen-bond donors (Lipinski definition) is 0. The summed E-state index contributed by atoms with van der Waals surface area (Å²) < 4.78 is 18.1. The second-order valence-corrected chi connectivity index (χ2v) is 4.11. The summed E-state index contributed by atoms with van der Waals surface area (Å²) in [7, 11) is 0. The molecule has 2 aromatic carbocycles. The molecule has 0 aliphatic carbocycles. The van der Waals surface area contributed by atoms with Gasteiger partial charge in [-0.25, -0.2) is 4.39 Å². The second kappa shape index (κ2) is 3.86. The summed E-state index contributed by atoms with van der Waals surface area (Å²) in [5.74, 6) is -0.337. The largest absolute Gasteiger partial charge is 0.356 e. The van der Waals surface area contributed by atoms with Gasteiger partial charge in [-0.2, -0.15) is 0 Å². The van der Waals surface area contributed by atoms with E-state index < -0.39 is 0 Å². The second-order valence-electron chi connectivity index (χ2n) is 3.68. The van der Waals surface area contributed by atoms with Gasteiger partial charge in [0.1, 0.15) is 11.5 Å². The minimum absolute atomic E-state index is 0.337. The van der Waals surface area contributed by atoms with E-state index in [2.05, 4.69) is 5.16 Å². The van der Waals surface area contributed by atoms with Gasteiger partial charge in [0.05, 0.1) is 0 Å². The van der Waals surface area contributed by atoms with Gasteiger partial charge >= 0.3 is 0 Å². The van der Waals surface area contributed by atoms with Gasteiger partial charge in [0.25, 0.3) is 0 Å². The summed E-state index contributed by atoms with van der Waals surface area (Å²) in [6.07, 6.45) is 0. The predicted octanol–water partition coefficient (Wildman–Crippen LogP) is 4.29. The maximum Gasteiger partial charge on any atom is 0.170 e. The van der Waals surface area contributed by atoms with Crippen molar-refractivity contribution in [1.82, 2.24) is 5.16 Å². The molecule has 3 rings (SSSR count). The van der Waals surface area contributed by atoms with E-state index in [9.17, 15) is 4.39 Å². The van der Waals surface area contributed by atoms with E-state index in [1.54, 1.807) is 18.2 Å². The van der Waals surface area contributed by atoms with Crippen molar-refractivity contribution < 1.29 is 8.91 Å². The van der Waals surface area contributed by atoms with Crippen molar-refractivity contribution in [2.45, 2.75) is 0 Å². The highest BCUT2D eigenvalue weighted by Crippen LogP contribution is 2.28. The Labute approximate surface area is 102 Å². The lowest BCUT2D eigenvalue weighted by Gasteiger charge is -1.96. The monoisotopic (exact) mass is 247 g/mol. The molecule has 3 aromatic rings. The Morgan fingerprint density at radius 1 is 1.06 bits per heavy atom. The summed E-state index contributed by atoms with van der Waals surface area (Å²) in [5.41, 5.74) is 2.02. The molecule has 0 amide bonds. The fourth-order valence-electron chi connectivity index (χ4n) is 1.73.